The van der Waals surface area contributed by atoms with Crippen LogP contribution in [0.15, 0.2) is 24.3 Å². The third kappa shape index (κ3) is 2.89. The molecule has 18 heavy (non-hydrogen) atoms. The first-order valence-corrected chi connectivity index (χ1v) is 6.34. The van der Waals surface area contributed by atoms with Crippen LogP contribution >= 0.6 is 0 Å². The first-order valence-electron chi connectivity index (χ1n) is 6.34. The van der Waals surface area contributed by atoms with Crippen LogP contribution in [0, 0.1) is 0 Å². The van der Waals surface area contributed by atoms with E-state index in [9.17, 15) is 4.79 Å². The maximum Gasteiger partial charge on any atom is 0.323 e. The molecule has 0 aliphatic carbocycles. The molecule has 0 amide bonds. The van der Waals surface area contributed by atoms with Gasteiger partial charge in [-0.2, -0.15) is 0 Å². The molecule has 1 aliphatic heterocycles. The van der Waals surface area contributed by atoms with Crippen molar-refractivity contribution in [2.24, 2.45) is 5.73 Å². The van der Waals surface area contributed by atoms with Gasteiger partial charge in [-0.05, 0) is 24.5 Å². The fraction of sp³-hybridized carbons (Fsp3) is 0.500. The highest BCUT2D eigenvalue weighted by molar-refractivity contribution is 5.75. The number of hydrogen-bond donors (Lipinski definition) is 1. The van der Waals surface area contributed by atoms with Gasteiger partial charge in [0.2, 0.25) is 0 Å². The third-order valence-electron chi connectivity index (χ3n) is 3.15. The first kappa shape index (κ1) is 13.1. The van der Waals surface area contributed by atoms with Crippen LogP contribution in [0.5, 0.6) is 0 Å². The second-order valence-corrected chi connectivity index (χ2v) is 4.40. The zero-order valence-corrected chi connectivity index (χ0v) is 10.6. The molecule has 1 heterocycles. The third-order valence-corrected chi connectivity index (χ3v) is 3.15. The summed E-state index contributed by atoms with van der Waals surface area (Å²) in [5, 5.41) is 0. The zero-order chi connectivity index (χ0) is 13.0. The summed E-state index contributed by atoms with van der Waals surface area (Å²) in [7, 11) is 0. The summed E-state index contributed by atoms with van der Waals surface area (Å²) in [5.74, 6) is -0.357. The fourth-order valence-corrected chi connectivity index (χ4v) is 2.25. The van der Waals surface area contributed by atoms with E-state index in [1.54, 1.807) is 6.92 Å². The quantitative estimate of drug-likeness (QED) is 0.823. The standard InChI is InChI=1S/C14H19NO3/c1-2-17-14(16)12(15)9-13-11-6-4-3-5-10(11)7-8-18-13/h3-6,12-13H,2,7-9,15H2,1H3. The maximum atomic E-state index is 11.5. The molecule has 2 N–H and O–H groups in total. The number of hydrogen-bond acceptors (Lipinski definition) is 4. The van der Waals surface area contributed by atoms with Crippen LogP contribution in [0.4, 0.5) is 0 Å². The lowest BCUT2D eigenvalue weighted by Crippen LogP contribution is -2.35. The Kier molecular flexibility index (Phi) is 4.33. The van der Waals surface area contributed by atoms with Gasteiger partial charge in [0.05, 0.1) is 19.3 Å². The molecule has 2 unspecified atom stereocenters. The van der Waals surface area contributed by atoms with E-state index >= 15 is 0 Å². The highest BCUT2D eigenvalue weighted by Gasteiger charge is 2.26. The van der Waals surface area contributed by atoms with E-state index in [-0.39, 0.29) is 12.1 Å². The average molecular weight is 249 g/mol. The summed E-state index contributed by atoms with van der Waals surface area (Å²) >= 11 is 0. The minimum absolute atomic E-state index is 0.102. The van der Waals surface area contributed by atoms with Crippen molar-refractivity contribution in [3.63, 3.8) is 0 Å². The SMILES string of the molecule is CCOC(=O)C(N)CC1OCCc2ccccc21. The van der Waals surface area contributed by atoms with Crippen molar-refractivity contribution in [3.8, 4) is 0 Å². The van der Waals surface area contributed by atoms with Crippen LogP contribution < -0.4 is 5.73 Å². The Morgan fingerprint density at radius 2 is 2.33 bits per heavy atom. The van der Waals surface area contributed by atoms with Crippen molar-refractivity contribution in [1.29, 1.82) is 0 Å². The summed E-state index contributed by atoms with van der Waals surface area (Å²) < 4.78 is 10.6. The van der Waals surface area contributed by atoms with Gasteiger partial charge < -0.3 is 15.2 Å². The van der Waals surface area contributed by atoms with Crippen LogP contribution in [-0.2, 0) is 20.7 Å². The molecule has 0 radical (unpaired) electrons. The van der Waals surface area contributed by atoms with Crippen molar-refractivity contribution in [2.75, 3.05) is 13.2 Å². The normalized spacial score (nSPS) is 20.0. The van der Waals surface area contributed by atoms with Crippen molar-refractivity contribution in [2.45, 2.75) is 31.9 Å². The number of benzene rings is 1. The Labute approximate surface area is 107 Å². The summed E-state index contributed by atoms with van der Waals surface area (Å²) in [6.45, 7) is 2.81. The predicted molar refractivity (Wildman–Crippen MR) is 68.1 cm³/mol. The number of ether oxygens (including phenoxy) is 2. The monoisotopic (exact) mass is 249 g/mol. The lowest BCUT2D eigenvalue weighted by atomic mass is 9.94. The summed E-state index contributed by atoms with van der Waals surface area (Å²) in [6, 6.07) is 7.52. The van der Waals surface area contributed by atoms with Crippen molar-refractivity contribution < 1.29 is 14.3 Å². The molecule has 98 valence electrons. The maximum absolute atomic E-state index is 11.5. The fourth-order valence-electron chi connectivity index (χ4n) is 2.25. The second kappa shape index (κ2) is 5.98. The van der Waals surface area contributed by atoms with Gasteiger partial charge in [-0.3, -0.25) is 4.79 Å². The van der Waals surface area contributed by atoms with Gasteiger partial charge in [-0.1, -0.05) is 24.3 Å². The number of carbonyl (C=O) groups is 1. The lowest BCUT2D eigenvalue weighted by molar-refractivity contribution is -0.145. The van der Waals surface area contributed by atoms with Gasteiger partial charge in [0.15, 0.2) is 0 Å². The van der Waals surface area contributed by atoms with E-state index in [0.717, 1.165) is 12.0 Å². The van der Waals surface area contributed by atoms with Crippen LogP contribution in [0.1, 0.15) is 30.6 Å². The molecule has 1 aliphatic rings. The van der Waals surface area contributed by atoms with Gasteiger partial charge in [-0.15, -0.1) is 0 Å². The Balaban J connectivity index is 2.05. The first-order chi connectivity index (χ1) is 8.72. The lowest BCUT2D eigenvalue weighted by Gasteiger charge is -2.27. The molecule has 1 aromatic carbocycles. The molecular formula is C14H19NO3. The average Bonchev–Trinajstić information content (AvgIpc) is 2.39. The van der Waals surface area contributed by atoms with E-state index in [4.69, 9.17) is 15.2 Å². The van der Waals surface area contributed by atoms with E-state index in [0.29, 0.717) is 19.6 Å². The summed E-state index contributed by atoms with van der Waals surface area (Å²) in [5.41, 5.74) is 8.26. The van der Waals surface area contributed by atoms with Crippen LogP contribution in [-0.4, -0.2) is 25.2 Å². The Morgan fingerprint density at radius 3 is 3.11 bits per heavy atom. The molecule has 0 aromatic heterocycles. The molecule has 4 nitrogen and oxygen atoms in total. The zero-order valence-electron chi connectivity index (χ0n) is 10.6. The molecular weight excluding hydrogens is 230 g/mol. The number of fused-ring (bicyclic) bond motifs is 1. The smallest absolute Gasteiger partial charge is 0.323 e. The summed E-state index contributed by atoms with van der Waals surface area (Å²) in [6.07, 6.45) is 1.28. The summed E-state index contributed by atoms with van der Waals surface area (Å²) in [4.78, 5) is 11.5. The van der Waals surface area contributed by atoms with Crippen molar-refractivity contribution >= 4 is 5.97 Å². The Bertz CT molecular complexity index is 419. The molecule has 0 saturated carbocycles. The molecule has 0 fully saturated rings. The number of nitrogens with two attached hydrogens (primary N) is 1. The van der Waals surface area contributed by atoms with Gasteiger partial charge in [0.25, 0.3) is 0 Å². The minimum atomic E-state index is -0.624. The molecule has 0 spiro atoms. The molecule has 2 atom stereocenters. The van der Waals surface area contributed by atoms with Gasteiger partial charge in [0, 0.05) is 6.42 Å². The van der Waals surface area contributed by atoms with Gasteiger partial charge in [0.1, 0.15) is 6.04 Å². The largest absolute Gasteiger partial charge is 0.465 e. The van der Waals surface area contributed by atoms with Gasteiger partial charge in [-0.25, -0.2) is 0 Å². The molecule has 0 bridgehead atoms. The van der Waals surface area contributed by atoms with E-state index in [2.05, 4.69) is 6.07 Å². The Morgan fingerprint density at radius 1 is 1.56 bits per heavy atom. The molecule has 0 saturated heterocycles. The van der Waals surface area contributed by atoms with E-state index in [1.165, 1.54) is 5.56 Å². The van der Waals surface area contributed by atoms with E-state index < -0.39 is 6.04 Å². The van der Waals surface area contributed by atoms with Crippen LogP contribution in [0.25, 0.3) is 0 Å². The number of carbonyl (C=O) groups excluding carboxylic acids is 1. The van der Waals surface area contributed by atoms with Crippen LogP contribution in [0.3, 0.4) is 0 Å². The van der Waals surface area contributed by atoms with Gasteiger partial charge >= 0.3 is 5.97 Å². The van der Waals surface area contributed by atoms with Crippen LogP contribution in [0.2, 0.25) is 0 Å². The van der Waals surface area contributed by atoms with Crippen molar-refractivity contribution in [3.05, 3.63) is 35.4 Å². The number of esters is 1. The second-order valence-electron chi connectivity index (χ2n) is 4.40. The molecule has 4 heteroatoms. The Hall–Kier alpha value is -1.39. The molecule has 1 aromatic rings. The topological polar surface area (TPSA) is 61.5 Å². The van der Waals surface area contributed by atoms with Crippen molar-refractivity contribution in [1.82, 2.24) is 0 Å². The predicted octanol–water partition coefficient (Wildman–Crippen LogP) is 1.58. The number of rotatable bonds is 4. The minimum Gasteiger partial charge on any atom is -0.465 e. The highest BCUT2D eigenvalue weighted by Crippen LogP contribution is 2.30. The highest BCUT2D eigenvalue weighted by atomic mass is 16.5. The molecule has 2 rings (SSSR count). The van der Waals surface area contributed by atoms with E-state index in [1.807, 2.05) is 18.2 Å².